The standard InChI is InChI=1S/C17H27NO2/c1-4-6-7-8-11-14(5-2)17(19)18-15-12-9-10-13-16(15)20-3/h9-10,12-14H,4-8,11H2,1-3H3,(H,18,19). The van der Waals surface area contributed by atoms with Crippen LogP contribution >= 0.6 is 0 Å². The largest absolute Gasteiger partial charge is 0.495 e. The van der Waals surface area contributed by atoms with Crippen LogP contribution in [0.3, 0.4) is 0 Å². The number of methoxy groups -OCH3 is 1. The van der Waals surface area contributed by atoms with E-state index in [1.54, 1.807) is 7.11 Å². The lowest BCUT2D eigenvalue weighted by Crippen LogP contribution is -2.22. The molecular weight excluding hydrogens is 250 g/mol. The molecule has 1 aromatic carbocycles. The molecule has 0 aromatic heterocycles. The molecule has 1 atom stereocenters. The molecule has 0 aliphatic rings. The van der Waals surface area contributed by atoms with Crippen molar-refractivity contribution in [3.8, 4) is 5.75 Å². The van der Waals surface area contributed by atoms with Crippen molar-refractivity contribution in [2.75, 3.05) is 12.4 Å². The molecule has 1 aromatic rings. The predicted octanol–water partition coefficient (Wildman–Crippen LogP) is 4.63. The van der Waals surface area contributed by atoms with Crippen molar-refractivity contribution in [2.45, 2.75) is 52.4 Å². The van der Waals surface area contributed by atoms with Crippen molar-refractivity contribution in [3.05, 3.63) is 24.3 Å². The molecule has 20 heavy (non-hydrogen) atoms. The zero-order valence-corrected chi connectivity index (χ0v) is 12.9. The number of carbonyl (C=O) groups is 1. The summed E-state index contributed by atoms with van der Waals surface area (Å²) in [7, 11) is 1.62. The molecule has 0 bridgehead atoms. The fourth-order valence-electron chi connectivity index (χ4n) is 2.32. The Hall–Kier alpha value is -1.51. The van der Waals surface area contributed by atoms with Crippen LogP contribution in [0.5, 0.6) is 5.75 Å². The van der Waals surface area contributed by atoms with Gasteiger partial charge < -0.3 is 10.1 Å². The Kier molecular flexibility index (Phi) is 7.78. The number of anilines is 1. The summed E-state index contributed by atoms with van der Waals surface area (Å²) in [6.45, 7) is 4.28. The van der Waals surface area contributed by atoms with Crippen LogP contribution in [0.2, 0.25) is 0 Å². The van der Waals surface area contributed by atoms with E-state index in [9.17, 15) is 4.79 Å². The average Bonchev–Trinajstić information content (AvgIpc) is 2.48. The van der Waals surface area contributed by atoms with Gasteiger partial charge in [-0.05, 0) is 25.0 Å². The van der Waals surface area contributed by atoms with E-state index in [2.05, 4.69) is 19.2 Å². The number of nitrogens with one attached hydrogen (secondary N) is 1. The van der Waals surface area contributed by atoms with Gasteiger partial charge in [0.25, 0.3) is 0 Å². The number of hydrogen-bond donors (Lipinski definition) is 1. The van der Waals surface area contributed by atoms with Crippen molar-refractivity contribution >= 4 is 11.6 Å². The van der Waals surface area contributed by atoms with Gasteiger partial charge in [0.1, 0.15) is 5.75 Å². The van der Waals surface area contributed by atoms with Gasteiger partial charge in [0.15, 0.2) is 0 Å². The highest BCUT2D eigenvalue weighted by atomic mass is 16.5. The summed E-state index contributed by atoms with van der Waals surface area (Å²) in [5.74, 6) is 0.909. The van der Waals surface area contributed by atoms with E-state index < -0.39 is 0 Å². The Balaban J connectivity index is 2.54. The molecule has 3 nitrogen and oxygen atoms in total. The maximum Gasteiger partial charge on any atom is 0.227 e. The molecule has 1 N–H and O–H groups in total. The molecular formula is C17H27NO2. The first-order chi connectivity index (χ1) is 9.72. The summed E-state index contributed by atoms with van der Waals surface area (Å²) >= 11 is 0. The normalized spacial score (nSPS) is 11.9. The summed E-state index contributed by atoms with van der Waals surface area (Å²) in [5.41, 5.74) is 0.756. The lowest BCUT2D eigenvalue weighted by atomic mass is 9.97. The van der Waals surface area contributed by atoms with Crippen LogP contribution in [0.25, 0.3) is 0 Å². The maximum absolute atomic E-state index is 12.3. The van der Waals surface area contributed by atoms with Gasteiger partial charge >= 0.3 is 0 Å². The third-order valence-electron chi connectivity index (χ3n) is 3.63. The summed E-state index contributed by atoms with van der Waals surface area (Å²) in [6.07, 6.45) is 6.68. The lowest BCUT2D eigenvalue weighted by molar-refractivity contribution is -0.120. The predicted molar refractivity (Wildman–Crippen MR) is 84.2 cm³/mol. The van der Waals surface area contributed by atoms with E-state index in [0.29, 0.717) is 5.75 Å². The molecule has 0 spiro atoms. The molecule has 0 aliphatic heterocycles. The molecule has 0 aliphatic carbocycles. The Labute approximate surface area is 122 Å². The maximum atomic E-state index is 12.3. The van der Waals surface area contributed by atoms with Gasteiger partial charge in [0.05, 0.1) is 12.8 Å². The molecule has 1 unspecified atom stereocenters. The molecule has 0 heterocycles. The smallest absolute Gasteiger partial charge is 0.227 e. The minimum absolute atomic E-state index is 0.0942. The summed E-state index contributed by atoms with van der Waals surface area (Å²) in [5, 5.41) is 2.99. The number of para-hydroxylation sites is 2. The highest BCUT2D eigenvalue weighted by molar-refractivity contribution is 5.93. The number of hydrogen-bond acceptors (Lipinski definition) is 2. The van der Waals surface area contributed by atoms with Gasteiger partial charge in [-0.25, -0.2) is 0 Å². The Morgan fingerprint density at radius 1 is 1.20 bits per heavy atom. The van der Waals surface area contributed by atoms with Crippen molar-refractivity contribution in [1.29, 1.82) is 0 Å². The minimum Gasteiger partial charge on any atom is -0.495 e. The van der Waals surface area contributed by atoms with Crippen LogP contribution in [-0.4, -0.2) is 13.0 Å². The van der Waals surface area contributed by atoms with Gasteiger partial charge in [-0.1, -0.05) is 51.7 Å². The van der Waals surface area contributed by atoms with Gasteiger partial charge in [-0.2, -0.15) is 0 Å². The second-order valence-corrected chi connectivity index (χ2v) is 5.14. The van der Waals surface area contributed by atoms with Crippen LogP contribution in [0.4, 0.5) is 5.69 Å². The fourth-order valence-corrected chi connectivity index (χ4v) is 2.32. The third kappa shape index (κ3) is 5.24. The van der Waals surface area contributed by atoms with Crippen LogP contribution in [0.15, 0.2) is 24.3 Å². The first-order valence-corrected chi connectivity index (χ1v) is 7.66. The highest BCUT2D eigenvalue weighted by Gasteiger charge is 2.17. The fraction of sp³-hybridized carbons (Fsp3) is 0.588. The second kappa shape index (κ2) is 9.40. The quantitative estimate of drug-likeness (QED) is 0.668. The van der Waals surface area contributed by atoms with Crippen LogP contribution in [0.1, 0.15) is 52.4 Å². The number of rotatable bonds is 9. The number of benzene rings is 1. The number of amides is 1. The molecule has 0 fully saturated rings. The van der Waals surface area contributed by atoms with E-state index in [1.807, 2.05) is 24.3 Å². The summed E-state index contributed by atoms with van der Waals surface area (Å²) in [6, 6.07) is 7.54. The molecule has 1 rings (SSSR count). The molecule has 3 heteroatoms. The van der Waals surface area contributed by atoms with Crippen molar-refractivity contribution in [3.63, 3.8) is 0 Å². The van der Waals surface area contributed by atoms with Crippen molar-refractivity contribution in [1.82, 2.24) is 0 Å². The van der Waals surface area contributed by atoms with Crippen LogP contribution in [0, 0.1) is 5.92 Å². The third-order valence-corrected chi connectivity index (χ3v) is 3.63. The zero-order valence-electron chi connectivity index (χ0n) is 12.9. The Morgan fingerprint density at radius 3 is 2.60 bits per heavy atom. The van der Waals surface area contributed by atoms with E-state index in [-0.39, 0.29) is 11.8 Å². The lowest BCUT2D eigenvalue weighted by Gasteiger charge is -2.16. The zero-order chi connectivity index (χ0) is 14.8. The summed E-state index contributed by atoms with van der Waals surface area (Å²) < 4.78 is 5.26. The topological polar surface area (TPSA) is 38.3 Å². The van der Waals surface area contributed by atoms with Crippen LogP contribution in [-0.2, 0) is 4.79 Å². The van der Waals surface area contributed by atoms with Gasteiger partial charge in [-0.3, -0.25) is 4.79 Å². The van der Waals surface area contributed by atoms with Gasteiger partial charge in [0.2, 0.25) is 5.91 Å². The number of unbranched alkanes of at least 4 members (excludes halogenated alkanes) is 3. The number of carbonyl (C=O) groups excluding carboxylic acids is 1. The first-order valence-electron chi connectivity index (χ1n) is 7.66. The molecule has 1 amide bonds. The van der Waals surface area contributed by atoms with Crippen molar-refractivity contribution < 1.29 is 9.53 Å². The molecule has 0 radical (unpaired) electrons. The molecule has 0 saturated heterocycles. The van der Waals surface area contributed by atoms with E-state index >= 15 is 0 Å². The van der Waals surface area contributed by atoms with E-state index in [1.165, 1.54) is 19.3 Å². The van der Waals surface area contributed by atoms with Crippen LogP contribution < -0.4 is 10.1 Å². The molecule has 0 saturated carbocycles. The molecule has 112 valence electrons. The van der Waals surface area contributed by atoms with E-state index in [4.69, 9.17) is 4.74 Å². The van der Waals surface area contributed by atoms with Crippen molar-refractivity contribution in [2.24, 2.45) is 5.92 Å². The average molecular weight is 277 g/mol. The summed E-state index contributed by atoms with van der Waals surface area (Å²) in [4.78, 5) is 12.3. The first kappa shape index (κ1) is 16.5. The Morgan fingerprint density at radius 2 is 1.95 bits per heavy atom. The highest BCUT2D eigenvalue weighted by Crippen LogP contribution is 2.25. The number of ether oxygens (including phenoxy) is 1. The van der Waals surface area contributed by atoms with Gasteiger partial charge in [-0.15, -0.1) is 0 Å². The monoisotopic (exact) mass is 277 g/mol. The second-order valence-electron chi connectivity index (χ2n) is 5.14. The SMILES string of the molecule is CCCCCCC(CC)C(=O)Nc1ccccc1OC. The Bertz CT molecular complexity index is 404. The minimum atomic E-state index is 0.0942. The van der Waals surface area contributed by atoms with Gasteiger partial charge in [0, 0.05) is 5.92 Å². The van der Waals surface area contributed by atoms with E-state index in [0.717, 1.165) is 24.9 Å².